The Morgan fingerprint density at radius 2 is 2.20 bits per heavy atom. The van der Waals surface area contributed by atoms with E-state index in [1.54, 1.807) is 17.8 Å². The van der Waals surface area contributed by atoms with Crippen LogP contribution < -0.4 is 5.32 Å². The minimum absolute atomic E-state index is 0.130. The molecule has 0 saturated heterocycles. The van der Waals surface area contributed by atoms with Crippen molar-refractivity contribution in [2.24, 2.45) is 0 Å². The first-order valence-corrected chi connectivity index (χ1v) is 8.07. The Kier molecular flexibility index (Phi) is 3.81. The second-order valence-corrected chi connectivity index (χ2v) is 6.06. The molecule has 0 aromatic carbocycles. The molecule has 0 aliphatic rings. The summed E-state index contributed by atoms with van der Waals surface area (Å²) in [6.45, 7) is 4.56. The van der Waals surface area contributed by atoms with E-state index in [4.69, 9.17) is 4.74 Å². The normalized spacial score (nSPS) is 12.8. The number of anilines is 1. The number of aryl methyl sites for hydroxylation is 1. The molecule has 8 nitrogen and oxygen atoms in total. The molecule has 25 heavy (non-hydrogen) atoms. The molecule has 2 N–H and O–H groups in total. The molecule has 0 saturated carbocycles. The van der Waals surface area contributed by atoms with Crippen LogP contribution in [0.3, 0.4) is 0 Å². The Balaban J connectivity index is 1.70. The van der Waals surface area contributed by atoms with Gasteiger partial charge in [-0.15, -0.1) is 0 Å². The summed E-state index contributed by atoms with van der Waals surface area (Å²) in [5, 5.41) is 8.77. The van der Waals surface area contributed by atoms with Gasteiger partial charge in [-0.3, -0.25) is 0 Å². The number of ether oxygens (including phenoxy) is 1. The van der Waals surface area contributed by atoms with Gasteiger partial charge in [0.1, 0.15) is 5.65 Å². The van der Waals surface area contributed by atoms with Crippen LogP contribution in [0.2, 0.25) is 0 Å². The summed E-state index contributed by atoms with van der Waals surface area (Å²) in [6, 6.07) is 4.04. The van der Waals surface area contributed by atoms with Crippen molar-refractivity contribution in [2.45, 2.75) is 19.9 Å². The number of aromatic amines is 1. The van der Waals surface area contributed by atoms with Gasteiger partial charge in [0, 0.05) is 36.5 Å². The Hall–Kier alpha value is -3.00. The fourth-order valence-electron chi connectivity index (χ4n) is 2.84. The SMILES string of the molecule is COCC(C)Nc1ncc2c(-c3ccc4nc(C)cn4n3)c[nH]c2n1. The molecule has 1 atom stereocenters. The van der Waals surface area contributed by atoms with E-state index in [-0.39, 0.29) is 6.04 Å². The number of hydrogen-bond donors (Lipinski definition) is 2. The highest BCUT2D eigenvalue weighted by Crippen LogP contribution is 2.26. The smallest absolute Gasteiger partial charge is 0.224 e. The zero-order valence-corrected chi connectivity index (χ0v) is 14.3. The van der Waals surface area contributed by atoms with Crippen LogP contribution in [0.5, 0.6) is 0 Å². The monoisotopic (exact) mass is 337 g/mol. The highest BCUT2D eigenvalue weighted by atomic mass is 16.5. The van der Waals surface area contributed by atoms with Crippen molar-refractivity contribution in [3.8, 4) is 11.3 Å². The molecule has 0 spiro atoms. The van der Waals surface area contributed by atoms with Gasteiger partial charge < -0.3 is 15.0 Å². The summed E-state index contributed by atoms with van der Waals surface area (Å²) < 4.78 is 6.90. The molecule has 4 rings (SSSR count). The van der Waals surface area contributed by atoms with Crippen molar-refractivity contribution in [3.63, 3.8) is 0 Å². The van der Waals surface area contributed by atoms with Gasteiger partial charge in [-0.25, -0.2) is 14.5 Å². The van der Waals surface area contributed by atoms with Gasteiger partial charge in [0.05, 0.1) is 24.2 Å². The van der Waals surface area contributed by atoms with Gasteiger partial charge in [0.15, 0.2) is 5.65 Å². The lowest BCUT2D eigenvalue weighted by molar-refractivity contribution is 0.190. The van der Waals surface area contributed by atoms with Crippen molar-refractivity contribution in [3.05, 3.63) is 36.4 Å². The van der Waals surface area contributed by atoms with Crippen molar-refractivity contribution < 1.29 is 4.74 Å². The predicted octanol–water partition coefficient (Wildman–Crippen LogP) is 2.42. The summed E-state index contributed by atoms with van der Waals surface area (Å²) in [6.07, 6.45) is 5.62. The van der Waals surface area contributed by atoms with Crippen LogP contribution in [-0.2, 0) is 4.74 Å². The van der Waals surface area contributed by atoms with Crippen LogP contribution in [0.4, 0.5) is 5.95 Å². The largest absolute Gasteiger partial charge is 0.383 e. The maximum atomic E-state index is 5.12. The molecule has 0 aliphatic carbocycles. The standard InChI is InChI=1S/C17H19N7O/c1-10-8-24-15(20-10)5-4-14(23-24)12-6-18-16-13(12)7-19-17(22-16)21-11(2)9-25-3/h4-8,11H,9H2,1-3H3,(H2,18,19,21,22). The van der Waals surface area contributed by atoms with Gasteiger partial charge in [-0.05, 0) is 26.0 Å². The lowest BCUT2D eigenvalue weighted by Crippen LogP contribution is -2.22. The summed E-state index contributed by atoms with van der Waals surface area (Å²) in [4.78, 5) is 16.5. The van der Waals surface area contributed by atoms with Gasteiger partial charge in [-0.1, -0.05) is 0 Å². The Morgan fingerprint density at radius 3 is 3.04 bits per heavy atom. The minimum Gasteiger partial charge on any atom is -0.383 e. The molecular formula is C17H19N7O. The van der Waals surface area contributed by atoms with E-state index in [0.29, 0.717) is 12.6 Å². The highest BCUT2D eigenvalue weighted by molar-refractivity contribution is 5.92. The summed E-state index contributed by atoms with van der Waals surface area (Å²) >= 11 is 0. The van der Waals surface area contributed by atoms with Crippen molar-refractivity contribution in [1.29, 1.82) is 0 Å². The first-order valence-electron chi connectivity index (χ1n) is 8.07. The number of fused-ring (bicyclic) bond motifs is 2. The number of aromatic nitrogens is 6. The summed E-state index contributed by atoms with van der Waals surface area (Å²) in [7, 11) is 1.67. The number of methoxy groups -OCH3 is 1. The maximum absolute atomic E-state index is 5.12. The number of nitrogens with one attached hydrogen (secondary N) is 2. The van der Waals surface area contributed by atoms with E-state index >= 15 is 0 Å². The topological polar surface area (TPSA) is 93.0 Å². The molecule has 0 amide bonds. The van der Waals surface area contributed by atoms with Gasteiger partial charge >= 0.3 is 0 Å². The molecule has 4 aromatic rings. The van der Waals surface area contributed by atoms with E-state index < -0.39 is 0 Å². The van der Waals surface area contributed by atoms with Crippen molar-refractivity contribution in [1.82, 2.24) is 29.5 Å². The lowest BCUT2D eigenvalue weighted by atomic mass is 10.2. The highest BCUT2D eigenvalue weighted by Gasteiger charge is 2.12. The molecule has 4 heterocycles. The maximum Gasteiger partial charge on any atom is 0.224 e. The molecule has 0 aliphatic heterocycles. The van der Waals surface area contributed by atoms with Crippen LogP contribution in [-0.4, -0.2) is 49.3 Å². The second kappa shape index (κ2) is 6.14. The van der Waals surface area contributed by atoms with E-state index in [1.165, 1.54) is 0 Å². The molecule has 0 radical (unpaired) electrons. The van der Waals surface area contributed by atoms with E-state index in [2.05, 4.69) is 30.4 Å². The second-order valence-electron chi connectivity index (χ2n) is 6.06. The molecular weight excluding hydrogens is 318 g/mol. The lowest BCUT2D eigenvalue weighted by Gasteiger charge is -2.12. The molecule has 128 valence electrons. The third kappa shape index (κ3) is 2.91. The van der Waals surface area contributed by atoms with Crippen LogP contribution in [0.1, 0.15) is 12.6 Å². The Labute approximate surface area is 144 Å². The predicted molar refractivity (Wildman–Crippen MR) is 95.6 cm³/mol. The van der Waals surface area contributed by atoms with Crippen molar-refractivity contribution in [2.75, 3.05) is 19.0 Å². The fraction of sp³-hybridized carbons (Fsp3) is 0.294. The van der Waals surface area contributed by atoms with Crippen LogP contribution in [0.25, 0.3) is 27.9 Å². The fourth-order valence-corrected chi connectivity index (χ4v) is 2.84. The third-order valence-corrected chi connectivity index (χ3v) is 3.94. The van der Waals surface area contributed by atoms with E-state index in [9.17, 15) is 0 Å². The molecule has 0 fully saturated rings. The van der Waals surface area contributed by atoms with Crippen LogP contribution in [0, 0.1) is 6.92 Å². The number of rotatable bonds is 5. The zero-order chi connectivity index (χ0) is 17.4. The minimum atomic E-state index is 0.130. The molecule has 1 unspecified atom stereocenters. The third-order valence-electron chi connectivity index (χ3n) is 3.94. The summed E-state index contributed by atoms with van der Waals surface area (Å²) in [5.41, 5.74) is 4.33. The molecule has 4 aromatic heterocycles. The number of H-pyrrole nitrogens is 1. The molecule has 0 bridgehead atoms. The average Bonchev–Trinajstić information content (AvgIpc) is 3.16. The Morgan fingerprint density at radius 1 is 1.32 bits per heavy atom. The zero-order valence-electron chi connectivity index (χ0n) is 14.3. The van der Waals surface area contributed by atoms with Crippen LogP contribution in [0.15, 0.2) is 30.7 Å². The Bertz CT molecular complexity index is 1040. The summed E-state index contributed by atoms with van der Waals surface area (Å²) in [5.74, 6) is 0.569. The van der Waals surface area contributed by atoms with Crippen LogP contribution >= 0.6 is 0 Å². The van der Waals surface area contributed by atoms with E-state index in [0.717, 1.165) is 33.6 Å². The quantitative estimate of drug-likeness (QED) is 0.581. The van der Waals surface area contributed by atoms with E-state index in [1.807, 2.05) is 38.4 Å². The number of nitrogens with zero attached hydrogens (tertiary/aromatic N) is 5. The number of hydrogen-bond acceptors (Lipinski definition) is 6. The number of imidazole rings is 1. The van der Waals surface area contributed by atoms with Gasteiger partial charge in [0.2, 0.25) is 5.95 Å². The van der Waals surface area contributed by atoms with Gasteiger partial charge in [-0.2, -0.15) is 10.1 Å². The molecule has 8 heteroatoms. The first kappa shape index (κ1) is 15.5. The first-order chi connectivity index (χ1) is 12.1. The van der Waals surface area contributed by atoms with Crippen molar-refractivity contribution >= 4 is 22.6 Å². The average molecular weight is 337 g/mol. The van der Waals surface area contributed by atoms with Gasteiger partial charge in [0.25, 0.3) is 0 Å².